The topological polar surface area (TPSA) is 172 Å². The van der Waals surface area contributed by atoms with Crippen molar-refractivity contribution in [2.45, 2.75) is 0 Å². The maximum atomic E-state index is 8.88. The average molecular weight is 182 g/mol. The Hall–Kier alpha value is 0.522. The molecule has 0 saturated heterocycles. The molecule has 7 nitrogen and oxygen atoms in total. The Morgan fingerprint density at radius 2 is 0.889 bits per heavy atom. The van der Waals surface area contributed by atoms with Crippen LogP contribution in [-0.2, 0) is 4.57 Å². The normalized spacial score (nSPS) is 6.56. The smallest absolute Gasteiger partial charge is 0.412 e. The quantitative estimate of drug-likeness (QED) is 0.252. The number of rotatable bonds is 0. The molecule has 9 N–H and O–H groups in total. The first-order chi connectivity index (χ1) is 2.00. The molecule has 0 heterocycles. The van der Waals surface area contributed by atoms with Crippen LogP contribution in [0.1, 0.15) is 0 Å². The molecule has 0 aromatic carbocycles. The Morgan fingerprint density at radius 1 is 0.889 bits per heavy atom. The third kappa shape index (κ3) is 1330. The predicted molar refractivity (Wildman–Crippen MR) is 35.0 cm³/mol. The van der Waals surface area contributed by atoms with Crippen LogP contribution in [0.2, 0.25) is 0 Å². The second-order valence-electron chi connectivity index (χ2n) is 0.513. The summed E-state index contributed by atoms with van der Waals surface area (Å²) in [5, 5.41) is 0. The van der Waals surface area contributed by atoms with E-state index in [2.05, 4.69) is 0 Å². The lowest BCUT2D eigenvalue weighted by Gasteiger charge is -1.82. The van der Waals surface area contributed by atoms with Crippen molar-refractivity contribution in [2.24, 2.45) is 0 Å². The Kier molecular flexibility index (Phi) is 42.6. The van der Waals surface area contributed by atoms with Gasteiger partial charge in [-0.25, -0.2) is 4.57 Å². The molecule has 0 atom stereocenters. The Bertz CT molecular complexity index is 55.1. The Labute approximate surface area is 61.6 Å². The van der Waals surface area contributed by atoms with E-state index in [4.69, 9.17) is 19.2 Å². The van der Waals surface area contributed by atoms with Crippen molar-refractivity contribution >= 4 is 25.2 Å². The van der Waals surface area contributed by atoms with Crippen molar-refractivity contribution in [1.29, 1.82) is 0 Å². The van der Waals surface area contributed by atoms with Gasteiger partial charge >= 0.3 is 7.82 Å². The van der Waals surface area contributed by atoms with Gasteiger partial charge in [-0.3, -0.25) is 0 Å². The molecule has 0 rings (SSSR count). The number of hydrogen-bond acceptors (Lipinski definition) is 1. The maximum Gasteiger partial charge on any atom is 0.466 e. The summed E-state index contributed by atoms with van der Waals surface area (Å²) in [6.07, 6.45) is 0. The molecule has 0 spiro atoms. The van der Waals surface area contributed by atoms with Crippen LogP contribution in [0, 0.1) is 0 Å². The monoisotopic (exact) mass is 182 g/mol. The summed E-state index contributed by atoms with van der Waals surface area (Å²) < 4.78 is 8.88. The zero-order valence-corrected chi connectivity index (χ0v) is 4.59. The van der Waals surface area contributed by atoms with Crippen molar-refractivity contribution in [3.05, 3.63) is 0 Å². The molecule has 0 aliphatic heterocycles. The third-order valence-electron chi connectivity index (χ3n) is 0. The molecular formula is H12AlO7P. The van der Waals surface area contributed by atoms with Crippen LogP contribution in [0.25, 0.3) is 0 Å². The van der Waals surface area contributed by atoms with Gasteiger partial charge in [-0.1, -0.05) is 0 Å². The number of phosphoric acid groups is 1. The molecule has 0 bridgehead atoms. The minimum Gasteiger partial charge on any atom is -0.412 e. The van der Waals surface area contributed by atoms with E-state index in [9.17, 15) is 0 Å². The molecule has 0 aliphatic rings. The van der Waals surface area contributed by atoms with Crippen LogP contribution in [-0.4, -0.2) is 48.5 Å². The Balaban J connectivity index is -0.0000000133. The van der Waals surface area contributed by atoms with Crippen molar-refractivity contribution in [1.82, 2.24) is 0 Å². The van der Waals surface area contributed by atoms with Gasteiger partial charge in [0.15, 0.2) is 17.4 Å². The molecule has 0 amide bonds. The summed E-state index contributed by atoms with van der Waals surface area (Å²) in [4.78, 5) is 21.6. The maximum absolute atomic E-state index is 8.88. The highest BCUT2D eigenvalue weighted by Gasteiger charge is 2.00. The highest BCUT2D eigenvalue weighted by molar-refractivity contribution is 7.45. The molecule has 0 radical (unpaired) electrons. The Morgan fingerprint density at radius 3 is 0.889 bits per heavy atom. The SMILES string of the molecule is O.O.O.O=P(O)(O)O.[AlH3]. The van der Waals surface area contributed by atoms with E-state index >= 15 is 0 Å². The van der Waals surface area contributed by atoms with Crippen molar-refractivity contribution in [3.8, 4) is 0 Å². The lowest BCUT2D eigenvalue weighted by atomic mass is 15.8. The van der Waals surface area contributed by atoms with Gasteiger partial charge in [-0.05, 0) is 0 Å². The van der Waals surface area contributed by atoms with Crippen LogP contribution in [0.5, 0.6) is 0 Å². The average Bonchev–Trinajstić information content (AvgIpc) is 0.722. The van der Waals surface area contributed by atoms with Crippen LogP contribution < -0.4 is 0 Å². The summed E-state index contributed by atoms with van der Waals surface area (Å²) in [5.74, 6) is 0. The lowest BCUT2D eigenvalue weighted by Crippen LogP contribution is -1.66. The second kappa shape index (κ2) is 11.3. The van der Waals surface area contributed by atoms with Crippen molar-refractivity contribution in [3.63, 3.8) is 0 Å². The van der Waals surface area contributed by atoms with Crippen LogP contribution in [0.4, 0.5) is 0 Å². The molecular weight excluding hydrogens is 170 g/mol. The van der Waals surface area contributed by atoms with E-state index in [1.807, 2.05) is 0 Å². The minimum atomic E-state index is -4.64. The molecule has 0 aliphatic carbocycles. The molecule has 9 heavy (non-hydrogen) atoms. The van der Waals surface area contributed by atoms with E-state index in [0.717, 1.165) is 0 Å². The third-order valence-corrected chi connectivity index (χ3v) is 0. The van der Waals surface area contributed by atoms with Gasteiger partial charge in [0.05, 0.1) is 0 Å². The van der Waals surface area contributed by atoms with E-state index in [-0.39, 0.29) is 33.8 Å². The first-order valence-electron chi connectivity index (χ1n) is 0.783. The first-order valence-corrected chi connectivity index (χ1v) is 2.35. The lowest BCUT2D eigenvalue weighted by molar-refractivity contribution is 0.275. The largest absolute Gasteiger partial charge is 0.466 e. The van der Waals surface area contributed by atoms with E-state index < -0.39 is 7.82 Å². The first kappa shape index (κ1) is 33.8. The fourth-order valence-electron chi connectivity index (χ4n) is 0. The summed E-state index contributed by atoms with van der Waals surface area (Å²) >= 11 is 0. The molecule has 0 unspecified atom stereocenters. The zero-order chi connectivity index (χ0) is 4.50. The van der Waals surface area contributed by atoms with E-state index in [0.29, 0.717) is 0 Å². The summed E-state index contributed by atoms with van der Waals surface area (Å²) in [7, 11) is -4.64. The summed E-state index contributed by atoms with van der Waals surface area (Å²) in [6, 6.07) is 0. The predicted octanol–water partition coefficient (Wildman–Crippen LogP) is -4.59. The fraction of sp³-hybridized carbons (Fsp3) is 0. The van der Waals surface area contributed by atoms with E-state index in [1.165, 1.54) is 0 Å². The number of hydrogen-bond donors (Lipinski definition) is 3. The van der Waals surface area contributed by atoms with Crippen molar-refractivity contribution in [2.75, 3.05) is 0 Å². The molecule has 0 fully saturated rings. The van der Waals surface area contributed by atoms with Gasteiger partial charge in [0.1, 0.15) is 0 Å². The van der Waals surface area contributed by atoms with Gasteiger partial charge in [0.25, 0.3) is 0 Å². The van der Waals surface area contributed by atoms with Crippen LogP contribution >= 0.6 is 7.82 Å². The second-order valence-corrected chi connectivity index (χ2v) is 1.54. The van der Waals surface area contributed by atoms with Gasteiger partial charge in [-0.15, -0.1) is 0 Å². The zero-order valence-electron chi connectivity index (χ0n) is 3.70. The molecule has 0 aromatic rings. The van der Waals surface area contributed by atoms with E-state index in [1.54, 1.807) is 0 Å². The van der Waals surface area contributed by atoms with Gasteiger partial charge in [-0.2, -0.15) is 0 Å². The summed E-state index contributed by atoms with van der Waals surface area (Å²) in [6.45, 7) is 0. The molecule has 0 aromatic heterocycles. The highest BCUT2D eigenvalue weighted by Crippen LogP contribution is 2.25. The van der Waals surface area contributed by atoms with Gasteiger partial charge in [0, 0.05) is 0 Å². The van der Waals surface area contributed by atoms with Crippen molar-refractivity contribution < 1.29 is 35.7 Å². The van der Waals surface area contributed by atoms with Crippen LogP contribution in [0.3, 0.4) is 0 Å². The molecule has 9 heteroatoms. The minimum absolute atomic E-state index is 0. The highest BCUT2D eigenvalue weighted by atomic mass is 31.2. The standard InChI is InChI=1S/Al.H3O4P.3H2O.3H/c;1-5(2,3)4;;;;;;/h;(H3,1,2,3,4);3*1H2;;;. The summed E-state index contributed by atoms with van der Waals surface area (Å²) in [5.41, 5.74) is 0. The van der Waals surface area contributed by atoms with Gasteiger partial charge < -0.3 is 31.1 Å². The van der Waals surface area contributed by atoms with Gasteiger partial charge in [0.2, 0.25) is 0 Å². The molecule has 62 valence electrons. The van der Waals surface area contributed by atoms with Crippen LogP contribution in [0.15, 0.2) is 0 Å². The molecule has 0 saturated carbocycles. The fourth-order valence-corrected chi connectivity index (χ4v) is 0.